The predicted molar refractivity (Wildman–Crippen MR) is 126 cm³/mol. The Hall–Kier alpha value is -1.44. The van der Waals surface area contributed by atoms with Crippen LogP contribution < -0.4 is 24.8 Å². The molecule has 0 spiro atoms. The van der Waals surface area contributed by atoms with Crippen molar-refractivity contribution >= 4 is 11.5 Å². The van der Waals surface area contributed by atoms with E-state index in [1.165, 1.54) is 35.2 Å². The van der Waals surface area contributed by atoms with Crippen LogP contribution in [0.25, 0.3) is 6.08 Å². The van der Waals surface area contributed by atoms with Crippen LogP contribution in [0.1, 0.15) is 32.3 Å². The molecule has 0 radical (unpaired) electrons. The summed E-state index contributed by atoms with van der Waals surface area (Å²) in [6, 6.07) is 34.2. The van der Waals surface area contributed by atoms with Crippen LogP contribution in [-0.2, 0) is 32.5 Å². The van der Waals surface area contributed by atoms with Crippen molar-refractivity contribution in [2.75, 3.05) is 0 Å². The van der Waals surface area contributed by atoms with Crippen LogP contribution >= 0.6 is 0 Å². The number of hydrogen-bond donors (Lipinski definition) is 0. The minimum atomic E-state index is -1.97. The second kappa shape index (κ2) is 12.1. The van der Waals surface area contributed by atoms with Crippen LogP contribution in [0.4, 0.5) is 0 Å². The molecule has 3 aromatic rings. The van der Waals surface area contributed by atoms with Gasteiger partial charge in [-0.1, -0.05) is 0 Å². The van der Waals surface area contributed by atoms with Gasteiger partial charge in [0.1, 0.15) is 0 Å². The van der Waals surface area contributed by atoms with Crippen LogP contribution in [0.3, 0.4) is 0 Å². The van der Waals surface area contributed by atoms with E-state index in [2.05, 4.69) is 115 Å². The number of benzene rings is 3. The zero-order valence-corrected chi connectivity index (χ0v) is 22.9. The molecule has 0 heterocycles. The van der Waals surface area contributed by atoms with Gasteiger partial charge in [-0.2, -0.15) is 0 Å². The van der Waals surface area contributed by atoms with Crippen LogP contribution in [0.15, 0.2) is 113 Å². The maximum atomic E-state index is 2.57. The van der Waals surface area contributed by atoms with Crippen molar-refractivity contribution in [3.05, 3.63) is 135 Å². The fourth-order valence-corrected chi connectivity index (χ4v) is 27.2. The van der Waals surface area contributed by atoms with Crippen molar-refractivity contribution in [2.45, 2.75) is 22.1 Å². The predicted octanol–water partition coefficient (Wildman–Crippen LogP) is 0.780. The van der Waals surface area contributed by atoms with E-state index in [-0.39, 0.29) is 24.8 Å². The van der Waals surface area contributed by atoms with E-state index in [1.807, 2.05) is 3.28 Å². The Labute approximate surface area is 212 Å². The molecule has 0 N–H and O–H groups in total. The Morgan fingerprint density at radius 3 is 1.94 bits per heavy atom. The van der Waals surface area contributed by atoms with E-state index in [4.69, 9.17) is 0 Å². The number of fused-ring (bicyclic) bond motifs is 1. The maximum Gasteiger partial charge on any atom is -1.00 e. The molecule has 1 unspecified atom stereocenters. The average Bonchev–Trinajstić information content (AvgIpc) is 3.47. The molecule has 32 heavy (non-hydrogen) atoms. The van der Waals surface area contributed by atoms with Crippen LogP contribution in [0.5, 0.6) is 0 Å². The largest absolute Gasteiger partial charge is 1.00 e. The number of allylic oxidation sites excluding steroid dienone is 5. The molecule has 2 aliphatic rings. The van der Waals surface area contributed by atoms with Crippen molar-refractivity contribution < 1.29 is 45.2 Å². The molecule has 0 aliphatic heterocycles. The van der Waals surface area contributed by atoms with E-state index in [9.17, 15) is 0 Å². The molecule has 0 fully saturated rings. The van der Waals surface area contributed by atoms with Gasteiger partial charge in [-0.05, 0) is 0 Å². The SMILES string of the molecule is C1=CC[C]([Zr+2]([CH]2C=Cc3ccccc32)=[Si](Cc2ccccc2)Cc2ccccc2)=C1.[Cl-].[Cl-]. The van der Waals surface area contributed by atoms with Crippen molar-refractivity contribution in [3.8, 4) is 0 Å². The smallest absolute Gasteiger partial charge is 1.00 e. The van der Waals surface area contributed by atoms with Gasteiger partial charge in [0.05, 0.1) is 0 Å². The zero-order chi connectivity index (χ0) is 20.2. The Morgan fingerprint density at radius 1 is 0.750 bits per heavy atom. The first kappa shape index (κ1) is 25.2. The Bertz CT molecular complexity index is 1120. The monoisotopic (exact) mass is 550 g/mol. The summed E-state index contributed by atoms with van der Waals surface area (Å²) < 4.78 is 2.51. The first-order chi connectivity index (χ1) is 14.9. The van der Waals surface area contributed by atoms with Gasteiger partial charge in [0.2, 0.25) is 0 Å². The third kappa shape index (κ3) is 5.72. The Kier molecular flexibility index (Phi) is 9.56. The minimum Gasteiger partial charge on any atom is -1.00 e. The molecule has 0 nitrogen and oxygen atoms in total. The topological polar surface area (TPSA) is 0 Å². The van der Waals surface area contributed by atoms with Gasteiger partial charge in [0, 0.05) is 0 Å². The molecule has 0 aromatic heterocycles. The number of rotatable bonds is 6. The summed E-state index contributed by atoms with van der Waals surface area (Å²) in [7, 11) is 0. The third-order valence-corrected chi connectivity index (χ3v) is 25.9. The summed E-state index contributed by atoms with van der Waals surface area (Å²) in [6.07, 6.45) is 13.3. The fourth-order valence-electron chi connectivity index (χ4n) is 4.73. The van der Waals surface area contributed by atoms with Crippen molar-refractivity contribution in [3.63, 3.8) is 0 Å². The Balaban J connectivity index is 0.00000144. The van der Waals surface area contributed by atoms with E-state index >= 15 is 0 Å². The molecule has 2 aliphatic carbocycles. The second-order valence-electron chi connectivity index (χ2n) is 8.13. The van der Waals surface area contributed by atoms with Gasteiger partial charge in [-0.15, -0.1) is 0 Å². The summed E-state index contributed by atoms with van der Waals surface area (Å²) in [5, 5.41) is 0. The number of hydrogen-bond acceptors (Lipinski definition) is 0. The van der Waals surface area contributed by atoms with Gasteiger partial charge >= 0.3 is 189 Å². The fraction of sp³-hybridized carbons (Fsp3) is 0.143. The molecular weight excluding hydrogens is 527 g/mol. The standard InChI is InChI=1S/C14H14Si.C9H7.C5H5.2ClH.Zr/c1-3-7-13(8-4-1)11-15-12-14-9-5-2-6-10-14;1-2-5-9-7-3-6-8(9)4-1;1-2-4-5-3-1;;;/h1-10H,11-12H2;1-7H;1-3H,4H2;2*1H;/q;;;;;+2/p-2. The van der Waals surface area contributed by atoms with Gasteiger partial charge < -0.3 is 24.8 Å². The molecular formula is C28H26Cl2SiZr. The Morgan fingerprint density at radius 2 is 1.34 bits per heavy atom. The number of halogens is 2. The first-order valence-electron chi connectivity index (χ1n) is 10.8. The van der Waals surface area contributed by atoms with Gasteiger partial charge in [0.25, 0.3) is 0 Å². The van der Waals surface area contributed by atoms with E-state index in [0.717, 1.165) is 0 Å². The molecule has 3 aromatic carbocycles. The summed E-state index contributed by atoms with van der Waals surface area (Å²) in [4.78, 5) is 0. The first-order valence-corrected chi connectivity index (χ1v) is 19.1. The van der Waals surface area contributed by atoms with Crippen LogP contribution in [-0.4, -0.2) is 5.43 Å². The van der Waals surface area contributed by atoms with Gasteiger partial charge in [-0.25, -0.2) is 0 Å². The summed E-state index contributed by atoms with van der Waals surface area (Å²) >= 11 is -1.97. The molecule has 0 saturated carbocycles. The molecule has 0 saturated heterocycles. The van der Waals surface area contributed by atoms with Crippen molar-refractivity contribution in [1.29, 1.82) is 0 Å². The van der Waals surface area contributed by atoms with Crippen molar-refractivity contribution in [1.82, 2.24) is 0 Å². The second-order valence-corrected chi connectivity index (χ2v) is 23.6. The van der Waals surface area contributed by atoms with Crippen molar-refractivity contribution in [2.24, 2.45) is 0 Å². The molecule has 0 bridgehead atoms. The molecule has 4 heteroatoms. The van der Waals surface area contributed by atoms with Crippen LogP contribution in [0.2, 0.25) is 0 Å². The van der Waals surface area contributed by atoms with E-state index in [1.54, 1.807) is 5.56 Å². The minimum absolute atomic E-state index is 0. The van der Waals surface area contributed by atoms with Gasteiger partial charge in [0.15, 0.2) is 0 Å². The van der Waals surface area contributed by atoms with Crippen LogP contribution in [0, 0.1) is 0 Å². The van der Waals surface area contributed by atoms with Gasteiger partial charge in [-0.3, -0.25) is 0 Å². The molecule has 160 valence electrons. The molecule has 5 rings (SSSR count). The average molecular weight is 553 g/mol. The third-order valence-electron chi connectivity index (χ3n) is 6.13. The summed E-state index contributed by atoms with van der Waals surface area (Å²) in [5.41, 5.74) is 5.55. The normalized spacial score (nSPS) is 15.1. The molecule has 0 amide bonds. The zero-order valence-electron chi connectivity index (χ0n) is 17.9. The quantitative estimate of drug-likeness (QED) is 0.397. The maximum absolute atomic E-state index is 2.57. The van der Waals surface area contributed by atoms with E-state index in [0.29, 0.717) is 3.63 Å². The summed E-state index contributed by atoms with van der Waals surface area (Å²) in [6.45, 7) is 0. The van der Waals surface area contributed by atoms with E-state index < -0.39 is 25.8 Å². The molecule has 1 atom stereocenters. The summed E-state index contributed by atoms with van der Waals surface area (Å²) in [5.74, 6) is 0.